The largest absolute Gasteiger partial charge is 0.398 e. The summed E-state index contributed by atoms with van der Waals surface area (Å²) in [6.45, 7) is 0. The van der Waals surface area contributed by atoms with Crippen LogP contribution in [0.25, 0.3) is 0 Å². The zero-order chi connectivity index (χ0) is 14.0. The first kappa shape index (κ1) is 14.1. The van der Waals surface area contributed by atoms with Crippen molar-refractivity contribution in [1.29, 1.82) is 0 Å². The van der Waals surface area contributed by atoms with Crippen molar-refractivity contribution in [3.63, 3.8) is 0 Å². The highest BCUT2D eigenvalue weighted by Gasteiger charge is 2.18. The van der Waals surface area contributed by atoms with E-state index in [4.69, 9.17) is 17.3 Å². The zero-order valence-electron chi connectivity index (χ0n) is 9.47. The van der Waals surface area contributed by atoms with Gasteiger partial charge in [0.25, 0.3) is 10.0 Å². The third kappa shape index (κ3) is 3.37. The Bertz CT molecular complexity index is 722. The van der Waals surface area contributed by atoms with E-state index in [9.17, 15) is 8.42 Å². The van der Waals surface area contributed by atoms with Gasteiger partial charge in [0.2, 0.25) is 0 Å². The van der Waals surface area contributed by atoms with Crippen LogP contribution in [0.4, 0.5) is 11.5 Å². The maximum absolute atomic E-state index is 12.2. The van der Waals surface area contributed by atoms with Gasteiger partial charge in [-0.25, -0.2) is 13.4 Å². The van der Waals surface area contributed by atoms with Crippen LogP contribution in [0.1, 0.15) is 0 Å². The smallest absolute Gasteiger partial charge is 0.265 e. The highest BCUT2D eigenvalue weighted by molar-refractivity contribution is 9.10. The molecule has 0 saturated carbocycles. The van der Waals surface area contributed by atoms with Crippen molar-refractivity contribution in [2.24, 2.45) is 0 Å². The summed E-state index contributed by atoms with van der Waals surface area (Å²) in [5, 5.41) is 0.386. The Morgan fingerprint density at radius 2 is 2.00 bits per heavy atom. The Kier molecular flexibility index (Phi) is 3.98. The molecule has 0 spiro atoms. The van der Waals surface area contributed by atoms with E-state index in [1.807, 2.05) is 0 Å². The lowest BCUT2D eigenvalue weighted by Crippen LogP contribution is -2.15. The molecular weight excluding hydrogens is 354 g/mol. The fourth-order valence-electron chi connectivity index (χ4n) is 1.42. The molecule has 0 amide bonds. The molecule has 0 fully saturated rings. The number of rotatable bonds is 3. The summed E-state index contributed by atoms with van der Waals surface area (Å²) in [6.07, 6.45) is 1.41. The molecule has 0 aliphatic rings. The highest BCUT2D eigenvalue weighted by Crippen LogP contribution is 2.24. The summed E-state index contributed by atoms with van der Waals surface area (Å²) in [5.74, 6) is 0.134. The maximum Gasteiger partial charge on any atom is 0.265 e. The van der Waals surface area contributed by atoms with Crippen molar-refractivity contribution in [3.05, 3.63) is 46.0 Å². The van der Waals surface area contributed by atoms with Gasteiger partial charge in [-0.05, 0) is 24.3 Å². The molecule has 0 radical (unpaired) electrons. The molecule has 3 N–H and O–H groups in total. The number of hydrogen-bond donors (Lipinski definition) is 2. The average Bonchev–Trinajstić information content (AvgIpc) is 2.27. The molecule has 8 heteroatoms. The maximum atomic E-state index is 12.2. The summed E-state index contributed by atoms with van der Waals surface area (Å²) >= 11 is 8.98. The number of nitrogens with one attached hydrogen (secondary N) is 1. The predicted octanol–water partition coefficient (Wildman–Crippen LogP) is 2.88. The second-order valence-corrected chi connectivity index (χ2v) is 6.65. The molecule has 1 heterocycles. The molecule has 0 unspecified atom stereocenters. The molecule has 1 aromatic carbocycles. The fourth-order valence-corrected chi connectivity index (χ4v) is 3.07. The Hall–Kier alpha value is -1.31. The summed E-state index contributed by atoms with van der Waals surface area (Å²) in [7, 11) is -3.79. The molecule has 0 atom stereocenters. The van der Waals surface area contributed by atoms with Crippen molar-refractivity contribution in [2.75, 3.05) is 10.5 Å². The van der Waals surface area contributed by atoms with Crippen molar-refractivity contribution in [2.45, 2.75) is 4.90 Å². The molecule has 0 aliphatic heterocycles. The van der Waals surface area contributed by atoms with E-state index in [1.165, 1.54) is 24.4 Å². The van der Waals surface area contributed by atoms with E-state index in [0.717, 1.165) is 0 Å². The van der Waals surface area contributed by atoms with Crippen LogP contribution in [0.15, 0.2) is 45.9 Å². The lowest BCUT2D eigenvalue weighted by molar-refractivity contribution is 0.601. The van der Waals surface area contributed by atoms with Crippen molar-refractivity contribution in [3.8, 4) is 0 Å². The lowest BCUT2D eigenvalue weighted by Gasteiger charge is -2.09. The van der Waals surface area contributed by atoms with Crippen molar-refractivity contribution >= 4 is 49.1 Å². The van der Waals surface area contributed by atoms with E-state index in [-0.39, 0.29) is 16.4 Å². The van der Waals surface area contributed by atoms with Crippen LogP contribution in [0.5, 0.6) is 0 Å². The van der Waals surface area contributed by atoms with E-state index in [1.54, 1.807) is 12.1 Å². The number of aromatic nitrogens is 1. The molecule has 1 aromatic heterocycles. The molecular formula is C11H9BrClN3O2S. The van der Waals surface area contributed by atoms with Crippen molar-refractivity contribution < 1.29 is 8.42 Å². The van der Waals surface area contributed by atoms with Gasteiger partial charge < -0.3 is 5.73 Å². The Morgan fingerprint density at radius 1 is 1.26 bits per heavy atom. The number of benzene rings is 1. The van der Waals surface area contributed by atoms with Gasteiger partial charge in [-0.15, -0.1) is 0 Å². The van der Waals surface area contributed by atoms with E-state index in [2.05, 4.69) is 25.6 Å². The van der Waals surface area contributed by atoms with Crippen LogP contribution < -0.4 is 10.5 Å². The Balaban J connectivity index is 2.38. The van der Waals surface area contributed by atoms with Gasteiger partial charge in [0, 0.05) is 21.8 Å². The van der Waals surface area contributed by atoms with E-state index < -0.39 is 10.0 Å². The number of nitrogens with zero attached hydrogens (tertiary/aromatic N) is 1. The standard InChI is InChI=1S/C11H9BrClN3O2S/c12-7-1-2-10(9(14)5-7)19(17,18)16-11-6-8(13)3-4-15-11/h1-6H,14H2,(H,15,16). The van der Waals surface area contributed by atoms with Crippen LogP contribution in [-0.2, 0) is 10.0 Å². The van der Waals surface area contributed by atoms with E-state index >= 15 is 0 Å². The first-order valence-corrected chi connectivity index (χ1v) is 7.73. The summed E-state index contributed by atoms with van der Waals surface area (Å²) < 4.78 is 27.3. The SMILES string of the molecule is Nc1cc(Br)ccc1S(=O)(=O)Nc1cc(Cl)ccn1. The molecule has 0 aliphatic carbocycles. The minimum atomic E-state index is -3.79. The van der Waals surface area contributed by atoms with Gasteiger partial charge in [-0.1, -0.05) is 27.5 Å². The number of sulfonamides is 1. The zero-order valence-corrected chi connectivity index (χ0v) is 12.6. The molecule has 0 saturated heterocycles. The number of halogens is 2. The van der Waals surface area contributed by atoms with E-state index in [0.29, 0.717) is 9.50 Å². The van der Waals surface area contributed by atoms with Gasteiger partial charge in [0.1, 0.15) is 10.7 Å². The second-order valence-electron chi connectivity index (χ2n) is 3.65. The van der Waals surface area contributed by atoms with Gasteiger partial charge >= 0.3 is 0 Å². The molecule has 100 valence electrons. The van der Waals surface area contributed by atoms with Gasteiger partial charge in [0.05, 0.1) is 5.69 Å². The molecule has 5 nitrogen and oxygen atoms in total. The predicted molar refractivity (Wildman–Crippen MR) is 78.6 cm³/mol. The molecule has 0 bridgehead atoms. The van der Waals surface area contributed by atoms with Crippen LogP contribution >= 0.6 is 27.5 Å². The van der Waals surface area contributed by atoms with Gasteiger partial charge in [-0.3, -0.25) is 4.72 Å². The topological polar surface area (TPSA) is 85.1 Å². The molecule has 2 rings (SSSR count). The van der Waals surface area contributed by atoms with Crippen molar-refractivity contribution in [1.82, 2.24) is 4.98 Å². The van der Waals surface area contributed by atoms with Crippen LogP contribution in [0, 0.1) is 0 Å². The lowest BCUT2D eigenvalue weighted by atomic mass is 10.3. The molecule has 19 heavy (non-hydrogen) atoms. The average molecular weight is 363 g/mol. The fraction of sp³-hybridized carbons (Fsp3) is 0. The first-order chi connectivity index (χ1) is 8.88. The van der Waals surface area contributed by atoms with Crippen LogP contribution in [-0.4, -0.2) is 13.4 Å². The summed E-state index contributed by atoms with van der Waals surface area (Å²) in [5.41, 5.74) is 5.84. The number of pyridine rings is 1. The molecule has 2 aromatic rings. The second kappa shape index (κ2) is 5.36. The summed E-state index contributed by atoms with van der Waals surface area (Å²) in [4.78, 5) is 3.86. The quantitative estimate of drug-likeness (QED) is 0.822. The summed E-state index contributed by atoms with van der Waals surface area (Å²) in [6, 6.07) is 7.48. The normalized spacial score (nSPS) is 11.3. The third-order valence-electron chi connectivity index (χ3n) is 2.22. The van der Waals surface area contributed by atoms with Gasteiger partial charge in [-0.2, -0.15) is 0 Å². The Labute approximate surface area is 124 Å². The van der Waals surface area contributed by atoms with Crippen LogP contribution in [0.3, 0.4) is 0 Å². The number of hydrogen-bond acceptors (Lipinski definition) is 4. The number of anilines is 2. The van der Waals surface area contributed by atoms with Crippen LogP contribution in [0.2, 0.25) is 5.02 Å². The monoisotopic (exact) mass is 361 g/mol. The minimum absolute atomic E-state index is 0.0162. The number of nitrogens with two attached hydrogens (primary N) is 1. The number of nitrogen functional groups attached to an aromatic ring is 1. The Morgan fingerprint density at radius 3 is 2.63 bits per heavy atom. The minimum Gasteiger partial charge on any atom is -0.398 e. The van der Waals surface area contributed by atoms with Gasteiger partial charge in [0.15, 0.2) is 0 Å². The highest BCUT2D eigenvalue weighted by atomic mass is 79.9. The third-order valence-corrected chi connectivity index (χ3v) is 4.38. The first-order valence-electron chi connectivity index (χ1n) is 5.08.